The summed E-state index contributed by atoms with van der Waals surface area (Å²) in [7, 11) is 0. The number of aliphatic imine (C=N–C) groups is 1. The Morgan fingerprint density at radius 2 is 2.06 bits per heavy atom. The van der Waals surface area contributed by atoms with Crippen molar-refractivity contribution >= 4 is 29.1 Å². The highest BCUT2D eigenvalue weighted by Crippen LogP contribution is 2.40. The van der Waals surface area contributed by atoms with Crippen molar-refractivity contribution < 1.29 is 8.78 Å². The number of imidazole rings is 1. The van der Waals surface area contributed by atoms with Crippen LogP contribution in [0.3, 0.4) is 0 Å². The van der Waals surface area contributed by atoms with Crippen LogP contribution in [0.2, 0.25) is 0 Å². The number of halogens is 2. The van der Waals surface area contributed by atoms with E-state index in [1.54, 1.807) is 16.8 Å². The number of amidine groups is 1. The molecule has 2 aromatic heterocycles. The van der Waals surface area contributed by atoms with Gasteiger partial charge in [-0.25, -0.2) is 18.3 Å². The lowest BCUT2D eigenvalue weighted by atomic mass is 9.96. The third-order valence-corrected chi connectivity index (χ3v) is 7.56. The maximum atomic E-state index is 14.7. The Labute approximate surface area is 207 Å². The summed E-state index contributed by atoms with van der Waals surface area (Å²) in [5.41, 5.74) is 1.94. The van der Waals surface area contributed by atoms with E-state index in [-0.39, 0.29) is 30.9 Å². The van der Waals surface area contributed by atoms with Crippen LogP contribution in [0, 0.1) is 17.3 Å². The topological polar surface area (TPSA) is 81.6 Å². The first-order valence-electron chi connectivity index (χ1n) is 11.9. The van der Waals surface area contributed by atoms with Crippen molar-refractivity contribution in [1.29, 1.82) is 5.26 Å². The zero-order chi connectivity index (χ0) is 24.4. The molecule has 182 valence electrons. The quantitative estimate of drug-likeness (QED) is 0.176. The van der Waals surface area contributed by atoms with Crippen LogP contribution in [-0.2, 0) is 0 Å². The molecule has 1 saturated heterocycles. The van der Waals surface area contributed by atoms with Crippen molar-refractivity contribution in [2.24, 2.45) is 4.99 Å². The molecule has 1 aromatic carbocycles. The molecule has 1 N–H and O–H groups in total. The molecule has 1 saturated carbocycles. The summed E-state index contributed by atoms with van der Waals surface area (Å²) in [6.45, 7) is 0.164. The second kappa shape index (κ2) is 10.2. The number of hydrogen-bond acceptors (Lipinski definition) is 6. The fourth-order valence-electron chi connectivity index (χ4n) is 5.08. The minimum Gasteiger partial charge on any atom is -0.345 e. The van der Waals surface area contributed by atoms with E-state index < -0.39 is 6.17 Å². The molecule has 0 bridgehead atoms. The number of nitrogens with one attached hydrogen (secondary N) is 1. The van der Waals surface area contributed by atoms with E-state index in [1.165, 1.54) is 30.3 Å². The number of nitriles is 1. The first-order chi connectivity index (χ1) is 17.1. The molecule has 0 spiro atoms. The van der Waals surface area contributed by atoms with Crippen LogP contribution in [0.15, 0.2) is 46.4 Å². The fraction of sp³-hybridized carbons (Fsp3) is 0.440. The van der Waals surface area contributed by atoms with Crippen LogP contribution in [0.5, 0.6) is 0 Å². The van der Waals surface area contributed by atoms with Gasteiger partial charge in [-0.2, -0.15) is 5.26 Å². The van der Waals surface area contributed by atoms with Gasteiger partial charge in [0.25, 0.3) is 0 Å². The molecular formula is C25H27F2N7S. The Morgan fingerprint density at radius 1 is 1.23 bits per heavy atom. The third kappa shape index (κ3) is 4.82. The van der Waals surface area contributed by atoms with E-state index >= 15 is 0 Å². The third-order valence-electron chi connectivity index (χ3n) is 6.75. The van der Waals surface area contributed by atoms with Gasteiger partial charge in [0.15, 0.2) is 17.7 Å². The van der Waals surface area contributed by atoms with Crippen molar-refractivity contribution in [3.8, 4) is 6.19 Å². The van der Waals surface area contributed by atoms with Gasteiger partial charge in [-0.1, -0.05) is 19.3 Å². The molecule has 10 heteroatoms. The molecule has 35 heavy (non-hydrogen) atoms. The molecule has 2 aliphatic rings. The summed E-state index contributed by atoms with van der Waals surface area (Å²) in [6, 6.07) is 8.11. The van der Waals surface area contributed by atoms with E-state index in [2.05, 4.69) is 10.3 Å². The summed E-state index contributed by atoms with van der Waals surface area (Å²) < 4.78 is 30.5. The van der Waals surface area contributed by atoms with Crippen molar-refractivity contribution in [3.05, 3.63) is 53.6 Å². The number of hydrogen-bond donors (Lipinski definition) is 1. The number of benzene rings is 1. The molecule has 3 aromatic rings. The number of thioether (sulfide) groups is 1. The molecule has 0 amide bonds. The van der Waals surface area contributed by atoms with Gasteiger partial charge < -0.3 is 4.90 Å². The van der Waals surface area contributed by atoms with Crippen molar-refractivity contribution in [2.75, 3.05) is 17.7 Å². The Balaban J connectivity index is 1.54. The second-order valence-electron chi connectivity index (χ2n) is 9.00. The molecule has 2 fully saturated rings. The van der Waals surface area contributed by atoms with Crippen LogP contribution in [-0.4, -0.2) is 45.4 Å². The Hall–Kier alpha value is -3.19. The molecule has 5 rings (SSSR count). The van der Waals surface area contributed by atoms with Crippen LogP contribution < -0.4 is 10.2 Å². The van der Waals surface area contributed by atoms with Crippen molar-refractivity contribution in [3.63, 3.8) is 0 Å². The standard InChI is InChI=1S/C25H27F2N7S/c1-35-22-8-7-16(26)11-19(22)20-12-17(27)14-33(20)24-10-9-23-29-13-21(34(23)32-24)25(30-15-28)31-18-5-3-2-4-6-18/h7-11,13,17-18,20H,2-6,12,14H2,1H3,(H,30,31)/t17-,20+/m0/s1. The molecule has 0 unspecified atom stereocenters. The monoisotopic (exact) mass is 495 g/mol. The van der Waals surface area contributed by atoms with E-state index in [0.29, 0.717) is 23.0 Å². The van der Waals surface area contributed by atoms with Crippen LogP contribution in [0.4, 0.5) is 14.6 Å². The van der Waals surface area contributed by atoms with Crippen LogP contribution >= 0.6 is 11.8 Å². The van der Waals surface area contributed by atoms with E-state index in [0.717, 1.165) is 36.1 Å². The zero-order valence-corrected chi connectivity index (χ0v) is 20.3. The van der Waals surface area contributed by atoms with Gasteiger partial charge in [0.05, 0.1) is 24.8 Å². The summed E-state index contributed by atoms with van der Waals surface area (Å²) >= 11 is 1.52. The highest BCUT2D eigenvalue weighted by atomic mass is 32.2. The predicted molar refractivity (Wildman–Crippen MR) is 133 cm³/mol. The maximum absolute atomic E-state index is 14.7. The maximum Gasteiger partial charge on any atom is 0.182 e. The lowest BCUT2D eigenvalue weighted by Gasteiger charge is -2.27. The smallest absolute Gasteiger partial charge is 0.182 e. The average Bonchev–Trinajstić information content (AvgIpc) is 3.47. The molecule has 0 radical (unpaired) electrons. The number of alkyl halides is 1. The lowest BCUT2D eigenvalue weighted by Crippen LogP contribution is -2.27. The van der Waals surface area contributed by atoms with Gasteiger partial charge >= 0.3 is 0 Å². The molecule has 1 aliphatic carbocycles. The summed E-state index contributed by atoms with van der Waals surface area (Å²) in [5, 5.41) is 16.8. The lowest BCUT2D eigenvalue weighted by molar-refractivity contribution is 0.356. The van der Waals surface area contributed by atoms with Gasteiger partial charge in [0, 0.05) is 11.3 Å². The first-order valence-corrected chi connectivity index (χ1v) is 13.1. The normalized spacial score (nSPS) is 21.4. The van der Waals surface area contributed by atoms with Crippen LogP contribution in [0.25, 0.3) is 5.65 Å². The molecule has 7 nitrogen and oxygen atoms in total. The minimum absolute atomic E-state index is 0.154. The van der Waals surface area contributed by atoms with Crippen LogP contribution in [0.1, 0.15) is 55.8 Å². The molecular weight excluding hydrogens is 468 g/mol. The van der Waals surface area contributed by atoms with E-state index in [1.807, 2.05) is 29.5 Å². The molecule has 3 heterocycles. The molecule has 1 aliphatic heterocycles. The summed E-state index contributed by atoms with van der Waals surface area (Å²) in [6.07, 6.45) is 10.2. The Morgan fingerprint density at radius 3 is 2.83 bits per heavy atom. The number of fused-ring (bicyclic) bond motifs is 1. The SMILES string of the molecule is CSc1ccc(F)cc1[C@H]1C[C@H](F)CN1c1ccc2ncc(C(=NC3CCCCC3)NC#N)n2n1. The van der Waals surface area contributed by atoms with Crippen molar-refractivity contribution in [1.82, 2.24) is 19.9 Å². The van der Waals surface area contributed by atoms with E-state index in [4.69, 9.17) is 10.1 Å². The zero-order valence-electron chi connectivity index (χ0n) is 19.5. The second-order valence-corrected chi connectivity index (χ2v) is 9.85. The average molecular weight is 496 g/mol. The number of nitrogens with zero attached hydrogens (tertiary/aromatic N) is 6. The minimum atomic E-state index is -1.05. The summed E-state index contributed by atoms with van der Waals surface area (Å²) in [5.74, 6) is 0.659. The summed E-state index contributed by atoms with van der Waals surface area (Å²) in [4.78, 5) is 12.1. The van der Waals surface area contributed by atoms with Gasteiger partial charge in [0.1, 0.15) is 23.5 Å². The largest absolute Gasteiger partial charge is 0.345 e. The van der Waals surface area contributed by atoms with Crippen molar-refractivity contribution in [2.45, 2.75) is 61.7 Å². The fourth-order valence-corrected chi connectivity index (χ4v) is 5.72. The van der Waals surface area contributed by atoms with E-state index in [9.17, 15) is 14.0 Å². The number of rotatable bonds is 5. The highest BCUT2D eigenvalue weighted by Gasteiger charge is 2.36. The Kier molecular flexibility index (Phi) is 6.86. The Bertz CT molecular complexity index is 1280. The van der Waals surface area contributed by atoms with Gasteiger partial charge in [-0.15, -0.1) is 16.9 Å². The predicted octanol–water partition coefficient (Wildman–Crippen LogP) is 5.03. The number of aromatic nitrogens is 3. The van der Waals surface area contributed by atoms with Gasteiger partial charge in [0.2, 0.25) is 0 Å². The first kappa shape index (κ1) is 23.5. The molecule has 2 atom stereocenters. The van der Waals surface area contributed by atoms with Gasteiger partial charge in [-0.05, 0) is 55.0 Å². The highest BCUT2D eigenvalue weighted by molar-refractivity contribution is 7.98. The van der Waals surface area contributed by atoms with Gasteiger partial charge in [-0.3, -0.25) is 10.3 Å². The number of anilines is 1.